The molecular formula is C19H29N3. The van der Waals surface area contributed by atoms with E-state index in [0.29, 0.717) is 0 Å². The van der Waals surface area contributed by atoms with E-state index in [0.717, 1.165) is 38.3 Å². The Balaban J connectivity index is 2.02. The average molecular weight is 299 g/mol. The number of aryl methyl sites for hydroxylation is 1. The predicted molar refractivity (Wildman–Crippen MR) is 95.5 cm³/mol. The van der Waals surface area contributed by atoms with Crippen LogP contribution < -0.4 is 5.32 Å². The van der Waals surface area contributed by atoms with E-state index in [1.54, 1.807) is 0 Å². The number of likely N-dealkylation sites (N-methyl/N-ethyl adjacent to an activating group) is 1. The van der Waals surface area contributed by atoms with Crippen LogP contribution in [0.5, 0.6) is 0 Å². The van der Waals surface area contributed by atoms with Gasteiger partial charge in [-0.1, -0.05) is 11.8 Å². The Labute approximate surface area is 135 Å². The molecule has 0 aliphatic carbocycles. The first kappa shape index (κ1) is 16.9. The van der Waals surface area contributed by atoms with E-state index in [1.165, 1.54) is 29.8 Å². The molecule has 1 saturated heterocycles. The summed E-state index contributed by atoms with van der Waals surface area (Å²) in [4.78, 5) is 4.86. The maximum Gasteiger partial charge on any atom is 0.0605 e. The maximum absolute atomic E-state index is 3.43. The van der Waals surface area contributed by atoms with Crippen LogP contribution >= 0.6 is 0 Å². The Bertz CT molecular complexity index is 554. The van der Waals surface area contributed by atoms with Crippen molar-refractivity contribution in [3.05, 3.63) is 28.8 Å². The second-order valence-electron chi connectivity index (χ2n) is 6.23. The summed E-state index contributed by atoms with van der Waals surface area (Å²) in [5.41, 5.74) is 4.95. The molecule has 1 fully saturated rings. The van der Waals surface area contributed by atoms with Gasteiger partial charge in [-0.3, -0.25) is 4.90 Å². The highest BCUT2D eigenvalue weighted by atomic mass is 15.2. The monoisotopic (exact) mass is 299 g/mol. The van der Waals surface area contributed by atoms with Crippen molar-refractivity contribution in [1.82, 2.24) is 9.80 Å². The number of hydrogen-bond acceptors (Lipinski definition) is 3. The minimum absolute atomic E-state index is 0.872. The lowest BCUT2D eigenvalue weighted by Gasteiger charge is -2.16. The molecule has 1 aromatic carbocycles. The van der Waals surface area contributed by atoms with E-state index in [4.69, 9.17) is 0 Å². The smallest absolute Gasteiger partial charge is 0.0605 e. The van der Waals surface area contributed by atoms with Crippen LogP contribution in [-0.2, 0) is 0 Å². The minimum Gasteiger partial charge on any atom is -0.385 e. The third-order valence-corrected chi connectivity index (χ3v) is 4.38. The molecule has 1 N–H and O–H groups in total. The molecule has 0 spiro atoms. The first-order valence-corrected chi connectivity index (χ1v) is 8.35. The summed E-state index contributed by atoms with van der Waals surface area (Å²) in [6.07, 6.45) is 1.24. The first-order chi connectivity index (χ1) is 10.6. The lowest BCUT2D eigenvalue weighted by molar-refractivity contribution is 0.303. The Morgan fingerprint density at radius 1 is 1.14 bits per heavy atom. The summed E-state index contributed by atoms with van der Waals surface area (Å²) in [5, 5.41) is 3.43. The van der Waals surface area contributed by atoms with E-state index in [-0.39, 0.29) is 0 Å². The molecule has 2 rings (SSSR count). The molecule has 1 aliphatic rings. The summed E-state index contributed by atoms with van der Waals surface area (Å²) in [6.45, 7) is 12.9. The topological polar surface area (TPSA) is 18.5 Å². The lowest BCUT2D eigenvalue weighted by atomic mass is 10.0. The average Bonchev–Trinajstić information content (AvgIpc) is 2.69. The molecule has 1 aliphatic heterocycles. The zero-order chi connectivity index (χ0) is 15.9. The molecule has 22 heavy (non-hydrogen) atoms. The molecule has 1 aromatic rings. The largest absolute Gasteiger partial charge is 0.385 e. The van der Waals surface area contributed by atoms with Gasteiger partial charge in [0.25, 0.3) is 0 Å². The van der Waals surface area contributed by atoms with Crippen molar-refractivity contribution in [3.63, 3.8) is 0 Å². The summed E-state index contributed by atoms with van der Waals surface area (Å²) in [6, 6.07) is 4.37. The molecule has 0 saturated carbocycles. The van der Waals surface area contributed by atoms with Gasteiger partial charge in [0, 0.05) is 37.4 Å². The fourth-order valence-corrected chi connectivity index (χ4v) is 2.82. The third kappa shape index (κ3) is 4.76. The van der Waals surface area contributed by atoms with Gasteiger partial charge in [0.05, 0.1) is 6.54 Å². The van der Waals surface area contributed by atoms with Crippen molar-refractivity contribution in [2.45, 2.75) is 27.2 Å². The molecule has 1 heterocycles. The molecule has 0 radical (unpaired) electrons. The van der Waals surface area contributed by atoms with Gasteiger partial charge >= 0.3 is 0 Å². The highest BCUT2D eigenvalue weighted by Crippen LogP contribution is 2.20. The Morgan fingerprint density at radius 2 is 1.95 bits per heavy atom. The van der Waals surface area contributed by atoms with Crippen LogP contribution in [0.1, 0.15) is 30.0 Å². The summed E-state index contributed by atoms with van der Waals surface area (Å²) >= 11 is 0. The van der Waals surface area contributed by atoms with Crippen molar-refractivity contribution < 1.29 is 0 Å². The van der Waals surface area contributed by atoms with E-state index in [1.807, 2.05) is 0 Å². The van der Waals surface area contributed by atoms with Gasteiger partial charge in [-0.25, -0.2) is 0 Å². The molecule has 0 bridgehead atoms. The van der Waals surface area contributed by atoms with Gasteiger partial charge in [0.15, 0.2) is 0 Å². The van der Waals surface area contributed by atoms with Crippen LogP contribution in [0.15, 0.2) is 12.1 Å². The molecule has 0 aromatic heterocycles. The number of nitrogens with one attached hydrogen (secondary N) is 1. The number of hydrogen-bond donors (Lipinski definition) is 1. The van der Waals surface area contributed by atoms with Crippen molar-refractivity contribution in [2.24, 2.45) is 0 Å². The molecule has 0 amide bonds. The van der Waals surface area contributed by atoms with Crippen molar-refractivity contribution in [3.8, 4) is 11.8 Å². The number of rotatable bonds is 3. The molecule has 3 nitrogen and oxygen atoms in total. The quantitative estimate of drug-likeness (QED) is 0.866. The minimum atomic E-state index is 0.872. The van der Waals surface area contributed by atoms with Gasteiger partial charge in [0.2, 0.25) is 0 Å². The van der Waals surface area contributed by atoms with Gasteiger partial charge in [-0.15, -0.1) is 0 Å². The van der Waals surface area contributed by atoms with E-state index in [2.05, 4.69) is 66.9 Å². The van der Waals surface area contributed by atoms with Crippen LogP contribution in [-0.4, -0.2) is 56.1 Å². The molecule has 120 valence electrons. The normalized spacial score (nSPS) is 16.7. The zero-order valence-electron chi connectivity index (χ0n) is 14.5. The fraction of sp³-hybridized carbons (Fsp3) is 0.579. The Morgan fingerprint density at radius 3 is 2.73 bits per heavy atom. The second kappa shape index (κ2) is 8.22. The van der Waals surface area contributed by atoms with Gasteiger partial charge in [0.1, 0.15) is 0 Å². The molecule has 0 unspecified atom stereocenters. The second-order valence-corrected chi connectivity index (χ2v) is 6.23. The molecular weight excluding hydrogens is 270 g/mol. The SMILES string of the molecule is CCNc1cc(C#CCN2CCCN(C)CC2)cc(C)c1C. The van der Waals surface area contributed by atoms with Crippen LogP contribution in [0.4, 0.5) is 5.69 Å². The van der Waals surface area contributed by atoms with Crippen LogP contribution in [0.25, 0.3) is 0 Å². The lowest BCUT2D eigenvalue weighted by Crippen LogP contribution is -2.29. The maximum atomic E-state index is 3.43. The van der Waals surface area contributed by atoms with Gasteiger partial charge in [-0.05, 0) is 64.0 Å². The van der Waals surface area contributed by atoms with Gasteiger partial charge in [-0.2, -0.15) is 0 Å². The van der Waals surface area contributed by atoms with E-state index < -0.39 is 0 Å². The Hall–Kier alpha value is -1.50. The third-order valence-electron chi connectivity index (χ3n) is 4.38. The first-order valence-electron chi connectivity index (χ1n) is 8.35. The van der Waals surface area contributed by atoms with Crippen LogP contribution in [0, 0.1) is 25.7 Å². The van der Waals surface area contributed by atoms with Gasteiger partial charge < -0.3 is 10.2 Å². The van der Waals surface area contributed by atoms with E-state index in [9.17, 15) is 0 Å². The summed E-state index contributed by atoms with van der Waals surface area (Å²) in [5.74, 6) is 6.70. The summed E-state index contributed by atoms with van der Waals surface area (Å²) < 4.78 is 0. The van der Waals surface area contributed by atoms with Crippen LogP contribution in [0.3, 0.4) is 0 Å². The Kier molecular flexibility index (Phi) is 6.30. The highest BCUT2D eigenvalue weighted by molar-refractivity contribution is 5.59. The molecule has 3 heteroatoms. The fourth-order valence-electron chi connectivity index (χ4n) is 2.82. The van der Waals surface area contributed by atoms with Crippen LogP contribution in [0.2, 0.25) is 0 Å². The van der Waals surface area contributed by atoms with Crippen molar-refractivity contribution >= 4 is 5.69 Å². The van der Waals surface area contributed by atoms with Crippen molar-refractivity contribution in [2.75, 3.05) is 51.6 Å². The standard InChI is InChI=1S/C19H29N3/c1-5-20-19-15-18(14-16(2)17(19)3)8-6-10-22-11-7-9-21(4)12-13-22/h14-15,20H,5,7,9-13H2,1-4H3. The highest BCUT2D eigenvalue weighted by Gasteiger charge is 2.10. The molecule has 0 atom stereocenters. The number of anilines is 1. The van der Waals surface area contributed by atoms with E-state index >= 15 is 0 Å². The van der Waals surface area contributed by atoms with Crippen molar-refractivity contribution in [1.29, 1.82) is 0 Å². The predicted octanol–water partition coefficient (Wildman–Crippen LogP) is 2.72. The summed E-state index contributed by atoms with van der Waals surface area (Å²) in [7, 11) is 2.20. The number of benzene rings is 1. The zero-order valence-corrected chi connectivity index (χ0v) is 14.5. The number of nitrogens with zero attached hydrogens (tertiary/aromatic N) is 2.